The third-order valence-corrected chi connectivity index (χ3v) is 5.04. The Morgan fingerprint density at radius 1 is 1.08 bits per heavy atom. The number of thiophene rings is 1. The predicted molar refractivity (Wildman–Crippen MR) is 106 cm³/mol. The highest BCUT2D eigenvalue weighted by atomic mass is 32.1. The average molecular weight is 366 g/mol. The average Bonchev–Trinajstić information content (AvgIpc) is 3.20. The van der Waals surface area contributed by atoms with E-state index in [1.807, 2.05) is 23.6 Å². The second-order valence-electron chi connectivity index (χ2n) is 6.18. The van der Waals surface area contributed by atoms with Crippen molar-refractivity contribution in [3.05, 3.63) is 75.6 Å². The first-order valence-electron chi connectivity index (χ1n) is 8.80. The maximum absolute atomic E-state index is 12.7. The van der Waals surface area contributed by atoms with Gasteiger partial charge in [0.2, 0.25) is 0 Å². The van der Waals surface area contributed by atoms with E-state index in [1.54, 1.807) is 30.3 Å². The van der Waals surface area contributed by atoms with Gasteiger partial charge < -0.3 is 10.6 Å². The number of nitrogens with one attached hydrogen (secondary N) is 2. The molecule has 1 heterocycles. The van der Waals surface area contributed by atoms with Crippen molar-refractivity contribution in [2.45, 2.75) is 25.7 Å². The van der Waals surface area contributed by atoms with E-state index in [-0.39, 0.29) is 17.5 Å². The summed E-state index contributed by atoms with van der Waals surface area (Å²) >= 11 is 1.52. The Morgan fingerprint density at radius 3 is 2.62 bits per heavy atom. The van der Waals surface area contributed by atoms with E-state index in [4.69, 9.17) is 0 Å². The fourth-order valence-electron chi connectivity index (χ4n) is 2.81. The number of hydrogen-bond donors (Lipinski definition) is 2. The molecule has 0 saturated carbocycles. The summed E-state index contributed by atoms with van der Waals surface area (Å²) in [5.74, 6) is -0.561. The zero-order valence-electron chi connectivity index (χ0n) is 14.5. The fourth-order valence-corrected chi connectivity index (χ4v) is 3.47. The minimum absolute atomic E-state index is 0.262. The van der Waals surface area contributed by atoms with Crippen LogP contribution in [0.1, 0.15) is 40.9 Å². The maximum Gasteiger partial charge on any atom is 0.268 e. The number of hydrogen-bond acceptors (Lipinski definition) is 3. The minimum atomic E-state index is -0.291. The van der Waals surface area contributed by atoms with E-state index in [0.29, 0.717) is 12.1 Å². The number of allylic oxidation sites excluding steroid dienone is 1. The molecule has 4 nitrogen and oxygen atoms in total. The molecule has 1 aliphatic carbocycles. The van der Waals surface area contributed by atoms with Crippen LogP contribution in [0.4, 0.5) is 0 Å². The van der Waals surface area contributed by atoms with Gasteiger partial charge in [0, 0.05) is 17.0 Å². The van der Waals surface area contributed by atoms with E-state index < -0.39 is 0 Å². The Kier molecular flexibility index (Phi) is 6.39. The van der Waals surface area contributed by atoms with E-state index in [0.717, 1.165) is 17.7 Å². The van der Waals surface area contributed by atoms with Crippen molar-refractivity contribution in [1.82, 2.24) is 10.6 Å². The Morgan fingerprint density at radius 2 is 1.92 bits per heavy atom. The first-order valence-corrected chi connectivity index (χ1v) is 9.68. The molecule has 3 rings (SSSR count). The molecule has 0 radical (unpaired) electrons. The number of carbonyl (C=O) groups is 2. The number of carbonyl (C=O) groups excluding carboxylic acids is 2. The van der Waals surface area contributed by atoms with Crippen molar-refractivity contribution in [2.75, 3.05) is 6.54 Å². The molecule has 0 unspecified atom stereocenters. The second-order valence-corrected chi connectivity index (χ2v) is 7.16. The second kappa shape index (κ2) is 9.15. The summed E-state index contributed by atoms with van der Waals surface area (Å²) in [7, 11) is 0. The molecule has 26 heavy (non-hydrogen) atoms. The van der Waals surface area contributed by atoms with Crippen molar-refractivity contribution < 1.29 is 9.59 Å². The van der Waals surface area contributed by atoms with Crippen LogP contribution in [0.2, 0.25) is 0 Å². The van der Waals surface area contributed by atoms with E-state index in [9.17, 15) is 9.59 Å². The lowest BCUT2D eigenvalue weighted by Gasteiger charge is -2.15. The Labute approximate surface area is 157 Å². The molecule has 0 aliphatic heterocycles. The van der Waals surface area contributed by atoms with E-state index in [1.165, 1.54) is 29.8 Å². The number of benzene rings is 1. The molecule has 2 aromatic rings. The molecular formula is C21H22N2O2S. The van der Waals surface area contributed by atoms with Crippen LogP contribution in [0.5, 0.6) is 0 Å². The summed E-state index contributed by atoms with van der Waals surface area (Å²) in [5, 5.41) is 7.63. The SMILES string of the molecule is O=C(NCC1=CCCCC1)/C(=C/c1cccs1)NC(=O)c1ccccc1. The van der Waals surface area contributed by atoms with Crippen LogP contribution in [0.3, 0.4) is 0 Å². The monoisotopic (exact) mass is 366 g/mol. The Balaban J connectivity index is 1.71. The first-order chi connectivity index (χ1) is 12.7. The normalized spacial score (nSPS) is 14.5. The lowest BCUT2D eigenvalue weighted by atomic mass is 10.00. The van der Waals surface area contributed by atoms with Crippen molar-refractivity contribution >= 4 is 29.2 Å². The highest BCUT2D eigenvalue weighted by Gasteiger charge is 2.15. The Hall–Kier alpha value is -2.66. The zero-order chi connectivity index (χ0) is 18.2. The zero-order valence-corrected chi connectivity index (χ0v) is 15.4. The lowest BCUT2D eigenvalue weighted by molar-refractivity contribution is -0.117. The van der Waals surface area contributed by atoms with Gasteiger partial charge in [-0.3, -0.25) is 9.59 Å². The summed E-state index contributed by atoms with van der Waals surface area (Å²) < 4.78 is 0. The van der Waals surface area contributed by atoms with Crippen LogP contribution in [0, 0.1) is 0 Å². The van der Waals surface area contributed by atoms with Crippen molar-refractivity contribution in [3.63, 3.8) is 0 Å². The van der Waals surface area contributed by atoms with Crippen molar-refractivity contribution in [1.29, 1.82) is 0 Å². The number of amides is 2. The van der Waals surface area contributed by atoms with Crippen molar-refractivity contribution in [3.8, 4) is 0 Å². The molecule has 0 bridgehead atoms. The smallest absolute Gasteiger partial charge is 0.268 e. The molecular weight excluding hydrogens is 344 g/mol. The molecule has 5 heteroatoms. The fraction of sp³-hybridized carbons (Fsp3) is 0.238. The van der Waals surface area contributed by atoms with Gasteiger partial charge in [0.1, 0.15) is 5.70 Å². The van der Waals surface area contributed by atoms with Gasteiger partial charge in [0.15, 0.2) is 0 Å². The minimum Gasteiger partial charge on any atom is -0.347 e. The largest absolute Gasteiger partial charge is 0.347 e. The van der Waals surface area contributed by atoms with Crippen LogP contribution in [0.25, 0.3) is 6.08 Å². The number of rotatable bonds is 6. The van der Waals surface area contributed by atoms with Crippen LogP contribution in [-0.4, -0.2) is 18.4 Å². The van der Waals surface area contributed by atoms with Crippen LogP contribution < -0.4 is 10.6 Å². The Bertz CT molecular complexity index is 808. The van der Waals surface area contributed by atoms with Gasteiger partial charge in [-0.05, 0) is 55.3 Å². The molecule has 0 spiro atoms. The lowest BCUT2D eigenvalue weighted by Crippen LogP contribution is -2.35. The summed E-state index contributed by atoms with van der Waals surface area (Å²) in [6.45, 7) is 0.530. The third-order valence-electron chi connectivity index (χ3n) is 4.22. The van der Waals surface area contributed by atoms with Gasteiger partial charge in [-0.2, -0.15) is 0 Å². The van der Waals surface area contributed by atoms with E-state index in [2.05, 4.69) is 16.7 Å². The molecule has 1 aliphatic rings. The molecule has 2 N–H and O–H groups in total. The summed E-state index contributed by atoms with van der Waals surface area (Å²) in [5.41, 5.74) is 2.04. The predicted octanol–water partition coefficient (Wildman–Crippen LogP) is 4.14. The molecule has 0 fully saturated rings. The van der Waals surface area contributed by atoms with Crippen LogP contribution >= 0.6 is 11.3 Å². The van der Waals surface area contributed by atoms with Crippen LogP contribution in [-0.2, 0) is 4.79 Å². The highest BCUT2D eigenvalue weighted by molar-refractivity contribution is 7.10. The topological polar surface area (TPSA) is 58.2 Å². The highest BCUT2D eigenvalue weighted by Crippen LogP contribution is 2.17. The van der Waals surface area contributed by atoms with Gasteiger partial charge >= 0.3 is 0 Å². The van der Waals surface area contributed by atoms with Gasteiger partial charge in [0.25, 0.3) is 11.8 Å². The van der Waals surface area contributed by atoms with Gasteiger partial charge in [-0.15, -0.1) is 11.3 Å². The third kappa shape index (κ3) is 5.17. The first kappa shape index (κ1) is 18.1. The van der Waals surface area contributed by atoms with Gasteiger partial charge in [-0.1, -0.05) is 35.9 Å². The maximum atomic E-state index is 12.7. The quantitative estimate of drug-likeness (QED) is 0.596. The van der Waals surface area contributed by atoms with Crippen LogP contribution in [0.15, 0.2) is 65.2 Å². The molecule has 0 atom stereocenters. The summed E-state index contributed by atoms with van der Waals surface area (Å²) in [4.78, 5) is 26.0. The molecule has 1 aromatic heterocycles. The molecule has 134 valence electrons. The summed E-state index contributed by atoms with van der Waals surface area (Å²) in [6, 6.07) is 12.7. The van der Waals surface area contributed by atoms with Gasteiger partial charge in [-0.25, -0.2) is 0 Å². The molecule has 0 saturated heterocycles. The standard InChI is InChI=1S/C21H22N2O2S/c24-20(17-10-5-2-6-11-17)23-19(14-18-12-7-13-26-18)21(25)22-15-16-8-3-1-4-9-16/h2,5-8,10-14H,1,3-4,9,15H2,(H,22,25)(H,23,24)/b19-14-. The van der Waals surface area contributed by atoms with Crippen molar-refractivity contribution in [2.24, 2.45) is 0 Å². The summed E-state index contributed by atoms with van der Waals surface area (Å²) in [6.07, 6.45) is 8.41. The van der Waals surface area contributed by atoms with E-state index >= 15 is 0 Å². The molecule has 2 amide bonds. The molecule has 1 aromatic carbocycles. The van der Waals surface area contributed by atoms with Gasteiger partial charge in [0.05, 0.1) is 0 Å².